The largest absolute Gasteiger partial charge is 0.573 e. The van der Waals surface area contributed by atoms with E-state index in [1.165, 1.54) is 6.92 Å². The summed E-state index contributed by atoms with van der Waals surface area (Å²) in [7, 11) is 0. The molecular weight excluding hydrogens is 366 g/mol. The van der Waals surface area contributed by atoms with Gasteiger partial charge in [0.1, 0.15) is 11.5 Å². The number of hydrogen-bond acceptors (Lipinski definition) is 3. The first-order valence-corrected chi connectivity index (χ1v) is 6.87. The molecule has 0 radical (unpaired) electrons. The maximum atomic E-state index is 13.0. The summed E-state index contributed by atoms with van der Waals surface area (Å²) < 4.78 is 84.7. The van der Waals surface area contributed by atoms with Gasteiger partial charge in [-0.3, -0.25) is 4.79 Å². The van der Waals surface area contributed by atoms with Crippen molar-refractivity contribution in [3.8, 4) is 11.5 Å². The number of ether oxygens (including phenoxy) is 2. The molecule has 1 aromatic carbocycles. The maximum absolute atomic E-state index is 13.0. The Hall–Kier alpha value is -1.90. The van der Waals surface area contributed by atoms with Crippen LogP contribution in [0.25, 0.3) is 6.08 Å². The Morgan fingerprint density at radius 2 is 1.88 bits per heavy atom. The molecule has 24 heavy (non-hydrogen) atoms. The van der Waals surface area contributed by atoms with Crippen LogP contribution in [0.3, 0.4) is 0 Å². The SMILES string of the molecule is CCc1cc(OC(F)(F)F)cc2c1OC(C(F)(F)F)C(C(=O)Cl)=C2. The lowest BCUT2D eigenvalue weighted by molar-refractivity contribution is -0.274. The van der Waals surface area contributed by atoms with E-state index in [0.29, 0.717) is 0 Å². The average molecular weight is 375 g/mol. The number of fused-ring (bicyclic) bond motifs is 1. The highest BCUT2D eigenvalue weighted by atomic mass is 35.5. The van der Waals surface area contributed by atoms with Gasteiger partial charge in [-0.05, 0) is 41.8 Å². The van der Waals surface area contributed by atoms with Crippen molar-refractivity contribution >= 4 is 22.9 Å². The smallest absolute Gasteiger partial charge is 0.475 e. The molecule has 1 aromatic rings. The van der Waals surface area contributed by atoms with E-state index in [9.17, 15) is 31.1 Å². The van der Waals surface area contributed by atoms with E-state index in [1.54, 1.807) is 0 Å². The predicted molar refractivity (Wildman–Crippen MR) is 71.8 cm³/mol. The van der Waals surface area contributed by atoms with Crippen molar-refractivity contribution in [1.82, 2.24) is 0 Å². The minimum Gasteiger partial charge on any atom is -0.475 e. The van der Waals surface area contributed by atoms with Gasteiger partial charge in [-0.15, -0.1) is 13.2 Å². The summed E-state index contributed by atoms with van der Waals surface area (Å²) >= 11 is 5.15. The van der Waals surface area contributed by atoms with Crippen molar-refractivity contribution < 1.29 is 40.6 Å². The Kier molecular flexibility index (Phi) is 4.76. The first-order valence-electron chi connectivity index (χ1n) is 6.50. The van der Waals surface area contributed by atoms with Crippen LogP contribution < -0.4 is 9.47 Å². The summed E-state index contributed by atoms with van der Waals surface area (Å²) in [6.45, 7) is 1.52. The van der Waals surface area contributed by atoms with Gasteiger partial charge < -0.3 is 9.47 Å². The average Bonchev–Trinajstić information content (AvgIpc) is 2.42. The second-order valence-electron chi connectivity index (χ2n) is 4.81. The molecule has 0 spiro atoms. The van der Waals surface area contributed by atoms with E-state index in [4.69, 9.17) is 16.3 Å². The predicted octanol–water partition coefficient (Wildman–Crippen LogP) is 4.62. The van der Waals surface area contributed by atoms with E-state index in [-0.39, 0.29) is 23.3 Å². The number of carbonyl (C=O) groups excluding carboxylic acids is 1. The Balaban J connectivity index is 2.58. The molecule has 1 heterocycles. The number of rotatable bonds is 3. The molecule has 0 N–H and O–H groups in total. The lowest BCUT2D eigenvalue weighted by Crippen LogP contribution is -2.39. The standard InChI is InChI=1S/C14H9ClF6O3/c1-2-6-3-8(24-14(19,20)21)4-7-5-9(12(15)22)11(13(16,17)18)23-10(6)7/h3-5,11H,2H2,1H3. The summed E-state index contributed by atoms with van der Waals surface area (Å²) in [6, 6.07) is 1.76. The van der Waals surface area contributed by atoms with E-state index < -0.39 is 35.2 Å². The lowest BCUT2D eigenvalue weighted by Gasteiger charge is -2.29. The highest BCUT2D eigenvalue weighted by molar-refractivity contribution is 6.68. The van der Waals surface area contributed by atoms with Crippen LogP contribution in [0.2, 0.25) is 0 Å². The molecular formula is C14H9ClF6O3. The Bertz CT molecular complexity index is 693. The normalized spacial score (nSPS) is 17.7. The quantitative estimate of drug-likeness (QED) is 0.572. The molecule has 0 amide bonds. The van der Waals surface area contributed by atoms with Gasteiger partial charge in [0.2, 0.25) is 6.10 Å². The summed E-state index contributed by atoms with van der Waals surface area (Å²) in [5.41, 5.74) is -1.00. The molecule has 1 aliphatic heterocycles. The topological polar surface area (TPSA) is 35.5 Å². The van der Waals surface area contributed by atoms with Crippen LogP contribution >= 0.6 is 11.6 Å². The van der Waals surface area contributed by atoms with E-state index in [0.717, 1.165) is 18.2 Å². The van der Waals surface area contributed by atoms with E-state index in [2.05, 4.69) is 4.74 Å². The number of halogens is 7. The number of aryl methyl sites for hydroxylation is 1. The van der Waals surface area contributed by atoms with Gasteiger partial charge in [0.25, 0.3) is 5.24 Å². The van der Waals surface area contributed by atoms with Crippen LogP contribution in [-0.4, -0.2) is 23.9 Å². The van der Waals surface area contributed by atoms with Crippen LogP contribution in [0.1, 0.15) is 18.1 Å². The van der Waals surface area contributed by atoms with E-state index in [1.807, 2.05) is 0 Å². The van der Waals surface area contributed by atoms with Crippen molar-refractivity contribution in [3.05, 3.63) is 28.8 Å². The second kappa shape index (κ2) is 6.19. The second-order valence-corrected chi connectivity index (χ2v) is 5.16. The van der Waals surface area contributed by atoms with Gasteiger partial charge >= 0.3 is 12.5 Å². The molecule has 0 bridgehead atoms. The van der Waals surface area contributed by atoms with Crippen molar-refractivity contribution in [2.24, 2.45) is 0 Å². The monoisotopic (exact) mass is 374 g/mol. The number of alkyl halides is 6. The minimum atomic E-state index is -4.97. The van der Waals surface area contributed by atoms with Crippen molar-refractivity contribution in [2.45, 2.75) is 32.0 Å². The Labute approximate surface area is 136 Å². The molecule has 0 aromatic heterocycles. The fraction of sp³-hybridized carbons (Fsp3) is 0.357. The van der Waals surface area contributed by atoms with E-state index >= 15 is 0 Å². The van der Waals surface area contributed by atoms with Gasteiger partial charge in [-0.2, -0.15) is 13.2 Å². The third-order valence-electron chi connectivity index (χ3n) is 3.14. The Morgan fingerprint density at radius 3 is 2.33 bits per heavy atom. The van der Waals surface area contributed by atoms with Crippen LogP contribution in [-0.2, 0) is 11.2 Å². The summed E-state index contributed by atoms with van der Waals surface area (Å²) in [5, 5.41) is -1.41. The molecule has 3 nitrogen and oxygen atoms in total. The number of benzene rings is 1. The minimum absolute atomic E-state index is 0.0679. The number of hydrogen-bond donors (Lipinski definition) is 0. The van der Waals surface area contributed by atoms with Gasteiger partial charge in [0.05, 0.1) is 5.57 Å². The van der Waals surface area contributed by atoms with Crippen molar-refractivity contribution in [1.29, 1.82) is 0 Å². The van der Waals surface area contributed by atoms with Gasteiger partial charge in [-0.1, -0.05) is 6.92 Å². The fourth-order valence-corrected chi connectivity index (χ4v) is 2.37. The molecule has 0 saturated carbocycles. The van der Waals surface area contributed by atoms with Crippen LogP contribution in [0.4, 0.5) is 26.3 Å². The van der Waals surface area contributed by atoms with Crippen LogP contribution in [0, 0.1) is 0 Å². The molecule has 2 rings (SSSR count). The lowest BCUT2D eigenvalue weighted by atomic mass is 9.98. The van der Waals surface area contributed by atoms with Gasteiger partial charge in [-0.25, -0.2) is 0 Å². The summed E-state index contributed by atoms with van der Waals surface area (Å²) in [6.07, 6.45) is -11.6. The summed E-state index contributed by atoms with van der Waals surface area (Å²) in [4.78, 5) is 11.2. The molecule has 1 aliphatic rings. The van der Waals surface area contributed by atoms with Crippen LogP contribution in [0.5, 0.6) is 11.5 Å². The zero-order valence-electron chi connectivity index (χ0n) is 11.9. The van der Waals surface area contributed by atoms with Gasteiger partial charge in [0.15, 0.2) is 0 Å². The third kappa shape index (κ3) is 3.95. The molecule has 1 unspecified atom stereocenters. The summed E-state index contributed by atoms with van der Waals surface area (Å²) in [5.74, 6) is -0.902. The zero-order chi connectivity index (χ0) is 18.3. The first kappa shape index (κ1) is 18.4. The molecule has 0 aliphatic carbocycles. The first-order chi connectivity index (χ1) is 10.9. The van der Waals surface area contributed by atoms with Crippen molar-refractivity contribution in [2.75, 3.05) is 0 Å². The Morgan fingerprint density at radius 1 is 1.25 bits per heavy atom. The molecule has 0 fully saturated rings. The molecule has 132 valence electrons. The molecule has 1 atom stereocenters. The van der Waals surface area contributed by atoms with Gasteiger partial charge in [0, 0.05) is 5.56 Å². The number of carbonyl (C=O) groups is 1. The zero-order valence-corrected chi connectivity index (χ0v) is 12.6. The van der Waals surface area contributed by atoms with Crippen LogP contribution in [0.15, 0.2) is 17.7 Å². The molecule has 10 heteroatoms. The maximum Gasteiger partial charge on any atom is 0.573 e. The highest BCUT2D eigenvalue weighted by Crippen LogP contribution is 2.42. The third-order valence-corrected chi connectivity index (χ3v) is 3.35. The fourth-order valence-electron chi connectivity index (χ4n) is 2.22. The van der Waals surface area contributed by atoms with Crippen molar-refractivity contribution in [3.63, 3.8) is 0 Å². The highest BCUT2D eigenvalue weighted by Gasteiger charge is 2.48. The molecule has 0 saturated heterocycles.